The van der Waals surface area contributed by atoms with Gasteiger partial charge in [-0.2, -0.15) is 0 Å². The summed E-state index contributed by atoms with van der Waals surface area (Å²) in [6.07, 6.45) is 0.0878. The van der Waals surface area contributed by atoms with Crippen LogP contribution in [0.25, 0.3) is 16.0 Å². The molecular formula is C21H15ClO4. The Morgan fingerprint density at radius 1 is 1.08 bits per heavy atom. The highest BCUT2D eigenvalue weighted by Gasteiger charge is 2.31. The van der Waals surface area contributed by atoms with Gasteiger partial charge in [0.1, 0.15) is 5.75 Å². The lowest BCUT2D eigenvalue weighted by molar-refractivity contribution is -0.105. The summed E-state index contributed by atoms with van der Waals surface area (Å²) in [6.45, 7) is 3.81. The standard InChI is InChI=1S/C21H15ClO4/c1-11-3-5-13(6-4-11)20-15(10-23)19(22)18-16(25-20)8-7-14-12(2)9-17(24)26-21(14)18/h3-10,20H,1-2H3. The van der Waals surface area contributed by atoms with Crippen LogP contribution in [0.15, 0.2) is 57.2 Å². The van der Waals surface area contributed by atoms with E-state index in [0.717, 1.165) is 22.1 Å². The maximum Gasteiger partial charge on any atom is 0.336 e. The molecule has 0 saturated heterocycles. The van der Waals surface area contributed by atoms with Crippen LogP contribution in [0.5, 0.6) is 5.75 Å². The SMILES string of the molecule is Cc1ccc(C2Oc3ccc4c(C)cc(=O)oc4c3C(Cl)=C2C=O)cc1. The number of hydrogen-bond donors (Lipinski definition) is 0. The predicted octanol–water partition coefficient (Wildman–Crippen LogP) is 4.69. The first-order valence-electron chi connectivity index (χ1n) is 8.15. The summed E-state index contributed by atoms with van der Waals surface area (Å²) >= 11 is 6.58. The molecule has 1 unspecified atom stereocenters. The van der Waals surface area contributed by atoms with Gasteiger partial charge in [0.2, 0.25) is 0 Å². The van der Waals surface area contributed by atoms with Crippen molar-refractivity contribution in [3.05, 3.63) is 80.7 Å². The fourth-order valence-corrected chi connectivity index (χ4v) is 3.55. The van der Waals surface area contributed by atoms with Crippen molar-refractivity contribution in [2.45, 2.75) is 20.0 Å². The Morgan fingerprint density at radius 2 is 1.81 bits per heavy atom. The van der Waals surface area contributed by atoms with Crippen LogP contribution < -0.4 is 10.4 Å². The van der Waals surface area contributed by atoms with Crippen LogP contribution >= 0.6 is 11.6 Å². The molecule has 1 aliphatic rings. The van der Waals surface area contributed by atoms with Gasteiger partial charge in [-0.1, -0.05) is 41.4 Å². The van der Waals surface area contributed by atoms with Crippen molar-refractivity contribution in [1.29, 1.82) is 0 Å². The van der Waals surface area contributed by atoms with Crippen LogP contribution in [-0.2, 0) is 4.79 Å². The number of fused-ring (bicyclic) bond motifs is 3. The Balaban J connectivity index is 1.98. The third kappa shape index (κ3) is 2.54. The average Bonchev–Trinajstić information content (AvgIpc) is 2.61. The molecule has 0 aliphatic carbocycles. The van der Waals surface area contributed by atoms with Crippen molar-refractivity contribution in [1.82, 2.24) is 0 Å². The molecule has 4 nitrogen and oxygen atoms in total. The van der Waals surface area contributed by atoms with E-state index >= 15 is 0 Å². The summed E-state index contributed by atoms with van der Waals surface area (Å²) in [5.74, 6) is 0.479. The van der Waals surface area contributed by atoms with Crippen LogP contribution in [0, 0.1) is 13.8 Å². The van der Waals surface area contributed by atoms with E-state index in [1.165, 1.54) is 6.07 Å². The number of carbonyl (C=O) groups is 1. The Kier molecular flexibility index (Phi) is 3.93. The van der Waals surface area contributed by atoms with Gasteiger partial charge in [0.05, 0.1) is 16.2 Å². The summed E-state index contributed by atoms with van der Waals surface area (Å²) in [6, 6.07) is 12.8. The number of benzene rings is 2. The molecule has 0 fully saturated rings. The van der Waals surface area contributed by atoms with Crippen molar-refractivity contribution in [2.75, 3.05) is 0 Å². The van der Waals surface area contributed by atoms with E-state index in [4.69, 9.17) is 20.8 Å². The molecule has 0 saturated carbocycles. The lowest BCUT2D eigenvalue weighted by Gasteiger charge is -2.27. The molecule has 1 aromatic heterocycles. The first-order valence-corrected chi connectivity index (χ1v) is 8.53. The second-order valence-corrected chi connectivity index (χ2v) is 6.74. The minimum Gasteiger partial charge on any atom is -0.480 e. The summed E-state index contributed by atoms with van der Waals surface area (Å²) in [5, 5.41) is 0.996. The summed E-state index contributed by atoms with van der Waals surface area (Å²) in [4.78, 5) is 23.6. The molecule has 1 aliphatic heterocycles. The van der Waals surface area contributed by atoms with Crippen LogP contribution in [0.4, 0.5) is 0 Å². The monoisotopic (exact) mass is 366 g/mol. The van der Waals surface area contributed by atoms with Crippen molar-refractivity contribution < 1.29 is 13.9 Å². The molecule has 3 aromatic rings. The molecular weight excluding hydrogens is 352 g/mol. The topological polar surface area (TPSA) is 56.5 Å². The van der Waals surface area contributed by atoms with Gasteiger partial charge in [0, 0.05) is 11.5 Å². The van der Waals surface area contributed by atoms with Gasteiger partial charge in [-0.15, -0.1) is 0 Å². The Morgan fingerprint density at radius 3 is 2.50 bits per heavy atom. The fourth-order valence-electron chi connectivity index (χ4n) is 3.22. The van der Waals surface area contributed by atoms with Gasteiger partial charge in [0.15, 0.2) is 18.0 Å². The second-order valence-electron chi connectivity index (χ2n) is 6.36. The lowest BCUT2D eigenvalue weighted by Crippen LogP contribution is -2.18. The second kappa shape index (κ2) is 6.15. The average molecular weight is 367 g/mol. The number of halogens is 1. The molecule has 0 N–H and O–H groups in total. The highest BCUT2D eigenvalue weighted by Crippen LogP contribution is 2.46. The Hall–Kier alpha value is -2.85. The molecule has 5 heteroatoms. The Bertz CT molecular complexity index is 1120. The van der Waals surface area contributed by atoms with Gasteiger partial charge in [-0.05, 0) is 37.1 Å². The maximum atomic E-state index is 11.8. The molecule has 2 aromatic carbocycles. The van der Waals surface area contributed by atoms with Gasteiger partial charge in [0.25, 0.3) is 0 Å². The van der Waals surface area contributed by atoms with Crippen molar-refractivity contribution in [3.63, 3.8) is 0 Å². The predicted molar refractivity (Wildman–Crippen MR) is 101 cm³/mol. The smallest absolute Gasteiger partial charge is 0.336 e. The molecule has 0 bridgehead atoms. The quantitative estimate of drug-likeness (QED) is 0.487. The third-order valence-electron chi connectivity index (χ3n) is 4.59. The fraction of sp³-hybridized carbons (Fsp3) is 0.143. The largest absolute Gasteiger partial charge is 0.480 e. The highest BCUT2D eigenvalue weighted by atomic mass is 35.5. The molecule has 26 heavy (non-hydrogen) atoms. The van der Waals surface area contributed by atoms with Crippen LogP contribution in [-0.4, -0.2) is 6.29 Å². The van der Waals surface area contributed by atoms with Crippen molar-refractivity contribution >= 4 is 33.9 Å². The van der Waals surface area contributed by atoms with E-state index in [2.05, 4.69) is 0 Å². The zero-order chi connectivity index (χ0) is 18.4. The van der Waals surface area contributed by atoms with Gasteiger partial charge in [-0.25, -0.2) is 4.79 Å². The van der Waals surface area contributed by atoms with Gasteiger partial charge in [-0.3, -0.25) is 4.79 Å². The lowest BCUT2D eigenvalue weighted by atomic mass is 9.94. The first-order chi connectivity index (χ1) is 12.5. The van der Waals surface area contributed by atoms with E-state index in [-0.39, 0.29) is 5.03 Å². The van der Waals surface area contributed by atoms with E-state index in [1.807, 2.05) is 44.2 Å². The number of ether oxygens (including phenoxy) is 1. The molecule has 0 spiro atoms. The normalized spacial score (nSPS) is 16.3. The molecule has 130 valence electrons. The minimum atomic E-state index is -0.609. The number of aryl methyl sites for hydroxylation is 2. The number of carbonyl (C=O) groups excluding carboxylic acids is 1. The molecule has 0 radical (unpaired) electrons. The summed E-state index contributed by atoms with van der Waals surface area (Å²) in [5.41, 5.74) is 3.32. The maximum absolute atomic E-state index is 11.8. The first kappa shape index (κ1) is 16.6. The van der Waals surface area contributed by atoms with E-state index < -0.39 is 11.7 Å². The highest BCUT2D eigenvalue weighted by molar-refractivity contribution is 6.52. The Labute approximate surface area is 154 Å². The van der Waals surface area contributed by atoms with Crippen molar-refractivity contribution in [3.8, 4) is 5.75 Å². The number of rotatable bonds is 2. The summed E-state index contributed by atoms with van der Waals surface area (Å²) < 4.78 is 11.5. The molecule has 2 heterocycles. The van der Waals surface area contributed by atoms with Gasteiger partial charge >= 0.3 is 5.63 Å². The zero-order valence-corrected chi connectivity index (χ0v) is 15.0. The molecule has 1 atom stereocenters. The van der Waals surface area contributed by atoms with E-state index in [9.17, 15) is 9.59 Å². The summed E-state index contributed by atoms with van der Waals surface area (Å²) in [7, 11) is 0. The van der Waals surface area contributed by atoms with Gasteiger partial charge < -0.3 is 9.15 Å². The van der Waals surface area contributed by atoms with Crippen LogP contribution in [0.3, 0.4) is 0 Å². The van der Waals surface area contributed by atoms with Crippen LogP contribution in [0.2, 0.25) is 0 Å². The number of aldehydes is 1. The minimum absolute atomic E-state index is 0.242. The third-order valence-corrected chi connectivity index (χ3v) is 5.00. The van der Waals surface area contributed by atoms with E-state index in [1.54, 1.807) is 6.07 Å². The zero-order valence-electron chi connectivity index (χ0n) is 14.2. The van der Waals surface area contributed by atoms with Crippen LogP contribution in [0.1, 0.15) is 28.4 Å². The number of hydrogen-bond acceptors (Lipinski definition) is 4. The van der Waals surface area contributed by atoms with E-state index in [0.29, 0.717) is 28.8 Å². The molecule has 0 amide bonds. The van der Waals surface area contributed by atoms with Crippen molar-refractivity contribution in [2.24, 2.45) is 0 Å². The molecule has 4 rings (SSSR count).